The van der Waals surface area contributed by atoms with Gasteiger partial charge in [-0.15, -0.1) is 0 Å². The number of hydrogen-bond acceptors (Lipinski definition) is 4. The standard InChI is InChI=1S/C12H14N4O2/c1-8(2)6-16-7-9(12(17)18)11(15-16)10-5-13-3-4-14-10/h3-5,7-8H,6H2,1-2H3,(H,17,18). The highest BCUT2D eigenvalue weighted by molar-refractivity contribution is 5.93. The molecule has 0 aliphatic carbocycles. The molecule has 0 aromatic carbocycles. The lowest BCUT2D eigenvalue weighted by molar-refractivity contribution is 0.0697. The number of carboxylic acid groups (broad SMARTS) is 1. The number of nitrogens with zero attached hydrogens (tertiary/aromatic N) is 4. The van der Waals surface area contributed by atoms with Crippen molar-refractivity contribution in [3.8, 4) is 11.4 Å². The Balaban J connectivity index is 2.45. The van der Waals surface area contributed by atoms with Crippen molar-refractivity contribution in [1.29, 1.82) is 0 Å². The summed E-state index contributed by atoms with van der Waals surface area (Å²) in [7, 11) is 0. The predicted molar refractivity (Wildman–Crippen MR) is 65.1 cm³/mol. The number of aromatic nitrogens is 4. The van der Waals surface area contributed by atoms with Crippen molar-refractivity contribution >= 4 is 5.97 Å². The summed E-state index contributed by atoms with van der Waals surface area (Å²) in [6.07, 6.45) is 6.10. The minimum absolute atomic E-state index is 0.149. The quantitative estimate of drug-likeness (QED) is 0.887. The second kappa shape index (κ2) is 4.95. The van der Waals surface area contributed by atoms with Crippen molar-refractivity contribution in [2.24, 2.45) is 5.92 Å². The third-order valence-electron chi connectivity index (χ3n) is 2.35. The van der Waals surface area contributed by atoms with Crippen LogP contribution in [0.5, 0.6) is 0 Å². The van der Waals surface area contributed by atoms with E-state index >= 15 is 0 Å². The number of carboxylic acids is 1. The van der Waals surface area contributed by atoms with E-state index in [0.29, 0.717) is 23.9 Å². The number of rotatable bonds is 4. The Kier molecular flexibility index (Phi) is 3.36. The first-order valence-electron chi connectivity index (χ1n) is 5.65. The van der Waals surface area contributed by atoms with Crippen molar-refractivity contribution in [1.82, 2.24) is 19.7 Å². The van der Waals surface area contributed by atoms with Crippen molar-refractivity contribution in [3.63, 3.8) is 0 Å². The van der Waals surface area contributed by atoms with Gasteiger partial charge in [0.25, 0.3) is 0 Å². The fraction of sp³-hybridized carbons (Fsp3) is 0.333. The Labute approximate surface area is 104 Å². The van der Waals surface area contributed by atoms with Crippen LogP contribution < -0.4 is 0 Å². The molecular formula is C12H14N4O2. The molecule has 94 valence electrons. The minimum Gasteiger partial charge on any atom is -0.478 e. The summed E-state index contributed by atoms with van der Waals surface area (Å²) in [4.78, 5) is 19.2. The molecular weight excluding hydrogens is 232 g/mol. The molecule has 1 N–H and O–H groups in total. The molecule has 2 heterocycles. The van der Waals surface area contributed by atoms with Gasteiger partial charge in [0, 0.05) is 25.1 Å². The largest absolute Gasteiger partial charge is 0.478 e. The summed E-state index contributed by atoms with van der Waals surface area (Å²) < 4.78 is 1.64. The van der Waals surface area contributed by atoms with E-state index in [1.165, 1.54) is 24.8 Å². The van der Waals surface area contributed by atoms with Crippen LogP contribution in [0, 0.1) is 5.92 Å². The summed E-state index contributed by atoms with van der Waals surface area (Å²) in [5, 5.41) is 13.4. The average Bonchev–Trinajstić information content (AvgIpc) is 2.73. The summed E-state index contributed by atoms with van der Waals surface area (Å²) in [6, 6.07) is 0. The first-order chi connectivity index (χ1) is 8.58. The van der Waals surface area contributed by atoms with Gasteiger partial charge in [-0.25, -0.2) is 4.79 Å². The Morgan fingerprint density at radius 2 is 2.22 bits per heavy atom. The zero-order valence-corrected chi connectivity index (χ0v) is 10.2. The molecule has 0 bridgehead atoms. The normalized spacial score (nSPS) is 10.8. The lowest BCUT2D eigenvalue weighted by Crippen LogP contribution is -2.04. The van der Waals surface area contributed by atoms with E-state index in [4.69, 9.17) is 0 Å². The Morgan fingerprint density at radius 1 is 1.44 bits per heavy atom. The van der Waals surface area contributed by atoms with Crippen LogP contribution in [0.2, 0.25) is 0 Å². The zero-order valence-electron chi connectivity index (χ0n) is 10.2. The number of aromatic carboxylic acids is 1. The molecule has 0 unspecified atom stereocenters. The van der Waals surface area contributed by atoms with Gasteiger partial charge < -0.3 is 5.11 Å². The third kappa shape index (κ3) is 2.53. The van der Waals surface area contributed by atoms with Crippen LogP contribution in [-0.4, -0.2) is 30.8 Å². The van der Waals surface area contributed by atoms with E-state index in [1.54, 1.807) is 4.68 Å². The van der Waals surface area contributed by atoms with E-state index < -0.39 is 5.97 Å². The maximum Gasteiger partial charge on any atom is 0.339 e. The molecule has 0 fully saturated rings. The summed E-state index contributed by atoms with van der Waals surface area (Å²) in [5.74, 6) is -0.619. The smallest absolute Gasteiger partial charge is 0.339 e. The fourth-order valence-electron chi connectivity index (χ4n) is 1.66. The summed E-state index contributed by atoms with van der Waals surface area (Å²) in [5.41, 5.74) is 0.977. The molecule has 2 rings (SSSR count). The third-order valence-corrected chi connectivity index (χ3v) is 2.35. The van der Waals surface area contributed by atoms with E-state index in [1.807, 2.05) is 13.8 Å². The van der Waals surface area contributed by atoms with Gasteiger partial charge in [-0.05, 0) is 5.92 Å². The van der Waals surface area contributed by atoms with E-state index in [0.717, 1.165) is 0 Å². The molecule has 0 aliphatic heterocycles. The highest BCUT2D eigenvalue weighted by Crippen LogP contribution is 2.19. The van der Waals surface area contributed by atoms with Crippen LogP contribution in [0.4, 0.5) is 0 Å². The maximum absolute atomic E-state index is 11.2. The molecule has 0 saturated heterocycles. The minimum atomic E-state index is -1.01. The van der Waals surface area contributed by atoms with Gasteiger partial charge in [-0.1, -0.05) is 13.8 Å². The molecule has 2 aromatic heterocycles. The zero-order chi connectivity index (χ0) is 13.1. The fourth-order valence-corrected chi connectivity index (χ4v) is 1.66. The molecule has 18 heavy (non-hydrogen) atoms. The molecule has 0 spiro atoms. The van der Waals surface area contributed by atoms with Gasteiger partial charge in [0.15, 0.2) is 0 Å². The first-order valence-corrected chi connectivity index (χ1v) is 5.65. The van der Waals surface area contributed by atoms with Crippen LogP contribution in [0.3, 0.4) is 0 Å². The van der Waals surface area contributed by atoms with E-state index in [-0.39, 0.29) is 5.56 Å². The van der Waals surface area contributed by atoms with Gasteiger partial charge in [-0.3, -0.25) is 14.6 Å². The van der Waals surface area contributed by atoms with Crippen molar-refractivity contribution in [3.05, 3.63) is 30.4 Å². The van der Waals surface area contributed by atoms with E-state index in [2.05, 4.69) is 15.1 Å². The van der Waals surface area contributed by atoms with Crippen LogP contribution >= 0.6 is 0 Å². The van der Waals surface area contributed by atoms with Gasteiger partial charge in [0.1, 0.15) is 17.0 Å². The highest BCUT2D eigenvalue weighted by Gasteiger charge is 2.18. The van der Waals surface area contributed by atoms with Crippen LogP contribution in [0.25, 0.3) is 11.4 Å². The summed E-state index contributed by atoms with van der Waals surface area (Å²) in [6.45, 7) is 4.76. The van der Waals surface area contributed by atoms with Gasteiger partial charge >= 0.3 is 5.97 Å². The average molecular weight is 246 g/mol. The molecule has 0 saturated carbocycles. The lowest BCUT2D eigenvalue weighted by atomic mass is 10.2. The van der Waals surface area contributed by atoms with Crippen molar-refractivity contribution in [2.75, 3.05) is 0 Å². The van der Waals surface area contributed by atoms with Crippen LogP contribution in [0.15, 0.2) is 24.8 Å². The lowest BCUT2D eigenvalue weighted by Gasteiger charge is -2.03. The second-order valence-corrected chi connectivity index (χ2v) is 4.40. The Hall–Kier alpha value is -2.24. The summed E-state index contributed by atoms with van der Waals surface area (Å²) >= 11 is 0. The molecule has 0 aliphatic rings. The van der Waals surface area contributed by atoms with E-state index in [9.17, 15) is 9.90 Å². The van der Waals surface area contributed by atoms with Crippen molar-refractivity contribution in [2.45, 2.75) is 20.4 Å². The SMILES string of the molecule is CC(C)Cn1cc(C(=O)O)c(-c2cnccn2)n1. The highest BCUT2D eigenvalue weighted by atomic mass is 16.4. The molecule has 6 heteroatoms. The Bertz CT molecular complexity index is 548. The molecule has 6 nitrogen and oxygen atoms in total. The second-order valence-electron chi connectivity index (χ2n) is 4.40. The first kappa shape index (κ1) is 12.2. The topological polar surface area (TPSA) is 80.9 Å². The molecule has 2 aromatic rings. The van der Waals surface area contributed by atoms with Gasteiger partial charge in [0.2, 0.25) is 0 Å². The molecule has 0 radical (unpaired) electrons. The van der Waals surface area contributed by atoms with Crippen LogP contribution in [-0.2, 0) is 6.54 Å². The number of hydrogen-bond donors (Lipinski definition) is 1. The number of carbonyl (C=O) groups is 1. The maximum atomic E-state index is 11.2. The monoisotopic (exact) mass is 246 g/mol. The molecule has 0 atom stereocenters. The molecule has 0 amide bonds. The van der Waals surface area contributed by atoms with Crippen molar-refractivity contribution < 1.29 is 9.90 Å². The van der Waals surface area contributed by atoms with Gasteiger partial charge in [-0.2, -0.15) is 5.10 Å². The Morgan fingerprint density at radius 3 is 2.78 bits per heavy atom. The van der Waals surface area contributed by atoms with Gasteiger partial charge in [0.05, 0.1) is 6.20 Å². The predicted octanol–water partition coefficient (Wildman–Crippen LogP) is 1.69. The van der Waals surface area contributed by atoms with Crippen LogP contribution in [0.1, 0.15) is 24.2 Å².